The SMILES string of the molecule is CCCC[C@](NC(C)=O)(NC(=O)c1ccccc1C=Cc1ccncc1)C(C)=O. The van der Waals surface area contributed by atoms with E-state index in [1.807, 2.05) is 43.3 Å². The highest BCUT2D eigenvalue weighted by Gasteiger charge is 2.37. The van der Waals surface area contributed by atoms with Gasteiger partial charge in [-0.05, 0) is 49.1 Å². The van der Waals surface area contributed by atoms with Crippen LogP contribution < -0.4 is 10.6 Å². The van der Waals surface area contributed by atoms with E-state index >= 15 is 0 Å². The van der Waals surface area contributed by atoms with E-state index in [4.69, 9.17) is 0 Å². The topological polar surface area (TPSA) is 88.2 Å². The quantitative estimate of drug-likeness (QED) is 0.637. The number of aromatic nitrogens is 1. The van der Waals surface area contributed by atoms with Crippen LogP contribution in [0.2, 0.25) is 0 Å². The minimum absolute atomic E-state index is 0.306. The molecule has 1 atom stereocenters. The number of carbonyl (C=O) groups is 3. The summed E-state index contributed by atoms with van der Waals surface area (Å²) in [6, 6.07) is 10.8. The van der Waals surface area contributed by atoms with Gasteiger partial charge >= 0.3 is 0 Å². The molecule has 2 N–H and O–H groups in total. The van der Waals surface area contributed by atoms with Crippen LogP contribution in [0.4, 0.5) is 0 Å². The summed E-state index contributed by atoms with van der Waals surface area (Å²) in [6.07, 6.45) is 8.96. The molecule has 0 spiro atoms. The van der Waals surface area contributed by atoms with Crippen LogP contribution in [0, 0.1) is 0 Å². The molecule has 0 radical (unpaired) electrons. The van der Waals surface area contributed by atoms with Crippen LogP contribution in [0.25, 0.3) is 12.2 Å². The Bertz CT molecular complexity index is 893. The molecule has 1 aromatic heterocycles. The lowest BCUT2D eigenvalue weighted by Crippen LogP contribution is -2.64. The van der Waals surface area contributed by atoms with E-state index in [0.717, 1.165) is 12.0 Å². The Kier molecular flexibility index (Phi) is 7.83. The number of hydrogen-bond donors (Lipinski definition) is 2. The lowest BCUT2D eigenvalue weighted by Gasteiger charge is -2.33. The molecule has 6 heteroatoms. The fraction of sp³-hybridized carbons (Fsp3) is 0.304. The number of amides is 2. The monoisotopic (exact) mass is 393 g/mol. The Hall–Kier alpha value is -3.28. The first-order chi connectivity index (χ1) is 13.9. The second-order valence-electron chi connectivity index (χ2n) is 6.90. The van der Waals surface area contributed by atoms with Gasteiger partial charge in [0, 0.05) is 24.9 Å². The first-order valence-corrected chi connectivity index (χ1v) is 9.67. The van der Waals surface area contributed by atoms with Gasteiger partial charge in [-0.15, -0.1) is 0 Å². The van der Waals surface area contributed by atoms with Gasteiger partial charge in [-0.25, -0.2) is 0 Å². The van der Waals surface area contributed by atoms with E-state index in [2.05, 4.69) is 15.6 Å². The molecule has 6 nitrogen and oxygen atoms in total. The van der Waals surface area contributed by atoms with Gasteiger partial charge in [0.2, 0.25) is 5.91 Å². The molecule has 0 fully saturated rings. The maximum Gasteiger partial charge on any atom is 0.254 e. The maximum atomic E-state index is 13.1. The third kappa shape index (κ3) is 6.10. The first-order valence-electron chi connectivity index (χ1n) is 9.67. The molecule has 29 heavy (non-hydrogen) atoms. The number of hydrogen-bond acceptors (Lipinski definition) is 4. The number of nitrogens with zero attached hydrogens (tertiary/aromatic N) is 1. The van der Waals surface area contributed by atoms with Crippen molar-refractivity contribution < 1.29 is 14.4 Å². The minimum Gasteiger partial charge on any atom is -0.327 e. The second-order valence-corrected chi connectivity index (χ2v) is 6.90. The first kappa shape index (κ1) is 22.0. The highest BCUT2D eigenvalue weighted by Crippen LogP contribution is 2.18. The van der Waals surface area contributed by atoms with Crippen LogP contribution >= 0.6 is 0 Å². The molecule has 0 aliphatic heterocycles. The van der Waals surface area contributed by atoms with Crippen LogP contribution in [0.15, 0.2) is 48.8 Å². The zero-order chi connectivity index (χ0) is 21.3. The normalized spacial score (nSPS) is 12.9. The van der Waals surface area contributed by atoms with Crippen molar-refractivity contribution in [2.45, 2.75) is 45.7 Å². The van der Waals surface area contributed by atoms with Crippen molar-refractivity contribution in [2.24, 2.45) is 0 Å². The predicted octanol–water partition coefficient (Wildman–Crippen LogP) is 3.59. The molecule has 0 aliphatic carbocycles. The largest absolute Gasteiger partial charge is 0.327 e. The van der Waals surface area contributed by atoms with Crippen LogP contribution in [0.1, 0.15) is 61.5 Å². The number of rotatable bonds is 9. The number of benzene rings is 1. The summed E-state index contributed by atoms with van der Waals surface area (Å²) >= 11 is 0. The Labute approximate surface area is 171 Å². The van der Waals surface area contributed by atoms with Gasteiger partial charge in [0.25, 0.3) is 5.91 Å². The Balaban J connectivity index is 2.33. The van der Waals surface area contributed by atoms with E-state index in [1.165, 1.54) is 13.8 Å². The lowest BCUT2D eigenvalue weighted by molar-refractivity contribution is -0.131. The van der Waals surface area contributed by atoms with Crippen molar-refractivity contribution in [3.8, 4) is 0 Å². The molecule has 2 rings (SSSR count). The number of pyridine rings is 1. The number of Topliss-reactive ketones (excluding diaryl/α,β-unsaturated/α-hetero) is 1. The van der Waals surface area contributed by atoms with Crippen molar-refractivity contribution in [3.05, 3.63) is 65.5 Å². The van der Waals surface area contributed by atoms with Crippen LogP contribution in [-0.2, 0) is 9.59 Å². The Morgan fingerprint density at radius 1 is 1.00 bits per heavy atom. The third-order valence-corrected chi connectivity index (χ3v) is 4.59. The molecule has 2 aromatic rings. The molecule has 0 unspecified atom stereocenters. The van der Waals surface area contributed by atoms with E-state index in [1.54, 1.807) is 24.5 Å². The molecule has 0 saturated carbocycles. The number of ketones is 1. The molecule has 1 heterocycles. The number of unbranched alkanes of at least 4 members (excludes halogenated alkanes) is 1. The predicted molar refractivity (Wildman–Crippen MR) is 114 cm³/mol. The minimum atomic E-state index is -1.42. The highest BCUT2D eigenvalue weighted by atomic mass is 16.2. The van der Waals surface area contributed by atoms with E-state index in [-0.39, 0.29) is 11.7 Å². The fourth-order valence-electron chi connectivity index (χ4n) is 3.02. The summed E-state index contributed by atoms with van der Waals surface area (Å²) in [5.74, 6) is -1.10. The lowest BCUT2D eigenvalue weighted by atomic mass is 9.96. The second kappa shape index (κ2) is 10.3. The van der Waals surface area contributed by atoms with Gasteiger partial charge < -0.3 is 10.6 Å². The average molecular weight is 393 g/mol. The number of nitrogens with one attached hydrogen (secondary N) is 2. The molecule has 152 valence electrons. The Morgan fingerprint density at radius 3 is 2.31 bits per heavy atom. The van der Waals surface area contributed by atoms with Gasteiger partial charge in [-0.1, -0.05) is 43.7 Å². The Morgan fingerprint density at radius 2 is 1.69 bits per heavy atom. The van der Waals surface area contributed by atoms with E-state index < -0.39 is 11.6 Å². The molecule has 1 aromatic carbocycles. The summed E-state index contributed by atoms with van der Waals surface area (Å²) < 4.78 is 0. The summed E-state index contributed by atoms with van der Waals surface area (Å²) in [7, 11) is 0. The summed E-state index contributed by atoms with van der Waals surface area (Å²) in [5, 5.41) is 5.45. The van der Waals surface area contributed by atoms with Crippen molar-refractivity contribution in [3.63, 3.8) is 0 Å². The van der Waals surface area contributed by atoms with Gasteiger partial charge in [0.1, 0.15) is 0 Å². The van der Waals surface area contributed by atoms with Crippen LogP contribution in [0.5, 0.6) is 0 Å². The summed E-state index contributed by atoms with van der Waals surface area (Å²) in [5.41, 5.74) is 0.665. The molecule has 2 amide bonds. The van der Waals surface area contributed by atoms with Crippen LogP contribution in [-0.4, -0.2) is 28.2 Å². The zero-order valence-electron chi connectivity index (χ0n) is 17.1. The maximum absolute atomic E-state index is 13.1. The van der Waals surface area contributed by atoms with Crippen molar-refractivity contribution in [2.75, 3.05) is 0 Å². The molecular formula is C23H27N3O3. The van der Waals surface area contributed by atoms with Crippen molar-refractivity contribution >= 4 is 29.7 Å². The molecule has 0 bridgehead atoms. The van der Waals surface area contributed by atoms with Crippen molar-refractivity contribution in [1.29, 1.82) is 0 Å². The van der Waals surface area contributed by atoms with Crippen LogP contribution in [0.3, 0.4) is 0 Å². The zero-order valence-corrected chi connectivity index (χ0v) is 17.1. The third-order valence-electron chi connectivity index (χ3n) is 4.59. The fourth-order valence-corrected chi connectivity index (χ4v) is 3.02. The smallest absolute Gasteiger partial charge is 0.254 e. The van der Waals surface area contributed by atoms with Gasteiger partial charge in [0.05, 0.1) is 0 Å². The van der Waals surface area contributed by atoms with Gasteiger partial charge in [-0.3, -0.25) is 19.4 Å². The summed E-state index contributed by atoms with van der Waals surface area (Å²) in [4.78, 5) is 41.2. The summed E-state index contributed by atoms with van der Waals surface area (Å²) in [6.45, 7) is 4.70. The molecule has 0 aliphatic rings. The van der Waals surface area contributed by atoms with Gasteiger partial charge in [0.15, 0.2) is 11.4 Å². The standard InChI is InChI=1S/C23H27N3O3/c1-4-5-14-23(17(2)27,25-18(3)28)26-22(29)21-9-7-6-8-20(21)11-10-19-12-15-24-16-13-19/h6-13,15-16H,4-5,14H2,1-3H3,(H,25,28)(H,26,29)/t23-/m0/s1. The van der Waals surface area contributed by atoms with E-state index in [0.29, 0.717) is 24.0 Å². The average Bonchev–Trinajstić information content (AvgIpc) is 2.70. The highest BCUT2D eigenvalue weighted by molar-refractivity contribution is 6.03. The van der Waals surface area contributed by atoms with Crippen molar-refractivity contribution in [1.82, 2.24) is 15.6 Å². The number of carbonyl (C=O) groups excluding carboxylic acids is 3. The molecular weight excluding hydrogens is 366 g/mol. The molecule has 0 saturated heterocycles. The van der Waals surface area contributed by atoms with Gasteiger partial charge in [-0.2, -0.15) is 0 Å². The van der Waals surface area contributed by atoms with E-state index in [9.17, 15) is 14.4 Å².